The SMILES string of the molecule is COc1ccc(N(CC(=O)NN=C2CCCCCC2)S(=O)(=O)c2ccccc2[N+](=O)[O-])c(OC)c1. The minimum atomic E-state index is -4.56. The van der Waals surface area contributed by atoms with Crippen molar-refractivity contribution in [3.05, 3.63) is 52.6 Å². The van der Waals surface area contributed by atoms with Gasteiger partial charge in [-0.05, 0) is 43.9 Å². The molecule has 0 unspecified atom stereocenters. The summed E-state index contributed by atoms with van der Waals surface area (Å²) in [5, 5.41) is 15.7. The Bertz CT molecular complexity index is 1200. The fraction of sp³-hybridized carbons (Fsp3) is 0.391. The Morgan fingerprint density at radius 1 is 1.09 bits per heavy atom. The van der Waals surface area contributed by atoms with Crippen LogP contribution in [0.2, 0.25) is 0 Å². The van der Waals surface area contributed by atoms with Crippen molar-refractivity contribution in [1.82, 2.24) is 5.43 Å². The maximum Gasteiger partial charge on any atom is 0.289 e. The van der Waals surface area contributed by atoms with Gasteiger partial charge in [0.05, 0.1) is 24.8 Å². The first-order valence-corrected chi connectivity index (χ1v) is 12.5. The molecule has 1 aliphatic rings. The van der Waals surface area contributed by atoms with Gasteiger partial charge < -0.3 is 9.47 Å². The molecule has 0 heterocycles. The molecular weight excluding hydrogens is 476 g/mol. The number of nitrogens with one attached hydrogen (secondary N) is 1. The smallest absolute Gasteiger partial charge is 0.289 e. The van der Waals surface area contributed by atoms with E-state index in [0.717, 1.165) is 60.7 Å². The number of amides is 1. The first-order chi connectivity index (χ1) is 16.8. The zero-order chi connectivity index (χ0) is 25.4. The first-order valence-electron chi connectivity index (χ1n) is 11.1. The molecule has 1 fully saturated rings. The molecule has 0 radical (unpaired) electrons. The summed E-state index contributed by atoms with van der Waals surface area (Å²) >= 11 is 0. The number of hydrogen-bond donors (Lipinski definition) is 1. The summed E-state index contributed by atoms with van der Waals surface area (Å²) in [7, 11) is -1.78. The molecule has 12 heteroatoms. The number of nitro benzene ring substituents is 1. The third kappa shape index (κ3) is 6.27. The molecule has 1 aliphatic carbocycles. The molecule has 0 aliphatic heterocycles. The molecule has 0 spiro atoms. The van der Waals surface area contributed by atoms with Gasteiger partial charge in [-0.25, -0.2) is 13.8 Å². The van der Waals surface area contributed by atoms with E-state index in [9.17, 15) is 23.3 Å². The van der Waals surface area contributed by atoms with E-state index in [4.69, 9.17) is 9.47 Å². The van der Waals surface area contributed by atoms with Crippen molar-refractivity contribution >= 4 is 33.0 Å². The number of para-hydroxylation sites is 1. The molecule has 1 N–H and O–H groups in total. The Labute approximate surface area is 203 Å². The first kappa shape index (κ1) is 25.9. The molecule has 35 heavy (non-hydrogen) atoms. The number of ether oxygens (including phenoxy) is 2. The van der Waals surface area contributed by atoms with E-state index in [-0.39, 0.29) is 11.4 Å². The van der Waals surface area contributed by atoms with Crippen LogP contribution in [-0.4, -0.2) is 45.7 Å². The van der Waals surface area contributed by atoms with E-state index in [1.165, 1.54) is 44.6 Å². The van der Waals surface area contributed by atoms with Crippen molar-refractivity contribution in [2.24, 2.45) is 5.10 Å². The summed E-state index contributed by atoms with van der Waals surface area (Å²) < 4.78 is 38.7. The van der Waals surface area contributed by atoms with E-state index in [0.29, 0.717) is 5.75 Å². The topological polar surface area (TPSA) is 140 Å². The van der Waals surface area contributed by atoms with Crippen LogP contribution in [-0.2, 0) is 14.8 Å². The number of anilines is 1. The number of carbonyl (C=O) groups excluding carboxylic acids is 1. The zero-order valence-corrected chi connectivity index (χ0v) is 20.4. The van der Waals surface area contributed by atoms with Crippen molar-refractivity contribution < 1.29 is 27.6 Å². The average Bonchev–Trinajstić information content (AvgIpc) is 3.14. The highest BCUT2D eigenvalue weighted by molar-refractivity contribution is 7.93. The normalized spacial score (nSPS) is 13.9. The molecule has 2 aromatic carbocycles. The van der Waals surface area contributed by atoms with Crippen LogP contribution < -0.4 is 19.2 Å². The molecule has 0 atom stereocenters. The Hall–Kier alpha value is -3.67. The van der Waals surface area contributed by atoms with Gasteiger partial charge in [0, 0.05) is 17.8 Å². The Balaban J connectivity index is 2.02. The second kappa shape index (κ2) is 11.6. The van der Waals surface area contributed by atoms with Crippen molar-refractivity contribution in [2.75, 3.05) is 25.1 Å². The van der Waals surface area contributed by atoms with Gasteiger partial charge in [0.25, 0.3) is 21.6 Å². The number of methoxy groups -OCH3 is 2. The lowest BCUT2D eigenvalue weighted by molar-refractivity contribution is -0.387. The van der Waals surface area contributed by atoms with Crippen LogP contribution in [0.15, 0.2) is 52.5 Å². The van der Waals surface area contributed by atoms with Gasteiger partial charge in [-0.1, -0.05) is 25.0 Å². The third-order valence-electron chi connectivity index (χ3n) is 5.59. The number of benzene rings is 2. The molecule has 11 nitrogen and oxygen atoms in total. The standard InChI is InChI=1S/C23H28N4O7S/c1-33-18-13-14-19(21(15-18)34-2)26(16-23(28)25-24-17-9-5-3-4-6-10-17)35(31,32)22-12-8-7-11-20(22)27(29)30/h7-8,11-15H,3-6,9-10,16H2,1-2H3,(H,25,28). The molecule has 3 rings (SSSR count). The van der Waals surface area contributed by atoms with Crippen LogP contribution in [0.25, 0.3) is 0 Å². The summed E-state index contributed by atoms with van der Waals surface area (Å²) in [5.41, 5.74) is 2.71. The van der Waals surface area contributed by atoms with Gasteiger partial charge in [0.15, 0.2) is 4.90 Å². The van der Waals surface area contributed by atoms with Gasteiger partial charge in [-0.3, -0.25) is 19.2 Å². The quantitative estimate of drug-likeness (QED) is 0.312. The Morgan fingerprint density at radius 3 is 2.40 bits per heavy atom. The molecule has 1 saturated carbocycles. The molecule has 1 amide bonds. The molecule has 2 aromatic rings. The molecule has 188 valence electrons. The van der Waals surface area contributed by atoms with Gasteiger partial charge >= 0.3 is 0 Å². The number of nitro groups is 1. The van der Waals surface area contributed by atoms with Gasteiger partial charge in [0.1, 0.15) is 18.0 Å². The Kier molecular flexibility index (Phi) is 8.63. The fourth-order valence-electron chi connectivity index (χ4n) is 3.79. The van der Waals surface area contributed by atoms with E-state index in [1.54, 1.807) is 0 Å². The van der Waals surface area contributed by atoms with Crippen LogP contribution in [0.3, 0.4) is 0 Å². The highest BCUT2D eigenvalue weighted by atomic mass is 32.2. The average molecular weight is 505 g/mol. The lowest BCUT2D eigenvalue weighted by atomic mass is 10.2. The summed E-state index contributed by atoms with van der Waals surface area (Å²) in [4.78, 5) is 23.1. The van der Waals surface area contributed by atoms with Gasteiger partial charge in [-0.2, -0.15) is 5.10 Å². The van der Waals surface area contributed by atoms with Crippen LogP contribution in [0.5, 0.6) is 11.5 Å². The lowest BCUT2D eigenvalue weighted by Crippen LogP contribution is -2.40. The number of carbonyl (C=O) groups is 1. The summed E-state index contributed by atoms with van der Waals surface area (Å²) in [6.07, 6.45) is 5.71. The highest BCUT2D eigenvalue weighted by Crippen LogP contribution is 2.37. The second-order valence-corrected chi connectivity index (χ2v) is 9.73. The minimum absolute atomic E-state index is 0.0173. The van der Waals surface area contributed by atoms with E-state index < -0.39 is 38.0 Å². The van der Waals surface area contributed by atoms with Gasteiger partial charge in [-0.15, -0.1) is 0 Å². The molecule has 0 bridgehead atoms. The summed E-state index contributed by atoms with van der Waals surface area (Å²) in [6, 6.07) is 9.33. The number of hydrogen-bond acceptors (Lipinski definition) is 8. The number of rotatable bonds is 9. The zero-order valence-electron chi connectivity index (χ0n) is 19.6. The fourth-order valence-corrected chi connectivity index (χ4v) is 5.38. The van der Waals surface area contributed by atoms with Crippen LogP contribution in [0, 0.1) is 10.1 Å². The van der Waals surface area contributed by atoms with Crippen LogP contribution in [0.4, 0.5) is 11.4 Å². The van der Waals surface area contributed by atoms with Crippen molar-refractivity contribution in [1.29, 1.82) is 0 Å². The Morgan fingerprint density at radius 2 is 1.77 bits per heavy atom. The monoisotopic (exact) mass is 504 g/mol. The lowest BCUT2D eigenvalue weighted by Gasteiger charge is -2.25. The maximum absolute atomic E-state index is 13.7. The van der Waals surface area contributed by atoms with Crippen molar-refractivity contribution in [3.63, 3.8) is 0 Å². The molecular formula is C23H28N4O7S. The van der Waals surface area contributed by atoms with Gasteiger partial charge in [0.2, 0.25) is 0 Å². The van der Waals surface area contributed by atoms with Crippen LogP contribution >= 0.6 is 0 Å². The van der Waals surface area contributed by atoms with Crippen molar-refractivity contribution in [2.45, 2.75) is 43.4 Å². The minimum Gasteiger partial charge on any atom is -0.497 e. The predicted octanol–water partition coefficient (Wildman–Crippen LogP) is 3.63. The largest absolute Gasteiger partial charge is 0.497 e. The number of hydrazone groups is 1. The second-order valence-electron chi connectivity index (χ2n) is 7.90. The van der Waals surface area contributed by atoms with Crippen LogP contribution in [0.1, 0.15) is 38.5 Å². The number of nitrogens with zero attached hydrogens (tertiary/aromatic N) is 3. The third-order valence-corrected chi connectivity index (χ3v) is 7.40. The van der Waals surface area contributed by atoms with E-state index in [1.807, 2.05) is 0 Å². The van der Waals surface area contributed by atoms with E-state index >= 15 is 0 Å². The van der Waals surface area contributed by atoms with E-state index in [2.05, 4.69) is 10.5 Å². The van der Waals surface area contributed by atoms with Crippen molar-refractivity contribution in [3.8, 4) is 11.5 Å². The maximum atomic E-state index is 13.7. The highest BCUT2D eigenvalue weighted by Gasteiger charge is 2.34. The summed E-state index contributed by atoms with van der Waals surface area (Å²) in [6.45, 7) is -0.673. The molecule has 0 aromatic heterocycles. The summed E-state index contributed by atoms with van der Waals surface area (Å²) in [5.74, 6) is -0.186. The number of sulfonamides is 1. The molecule has 0 saturated heterocycles. The predicted molar refractivity (Wildman–Crippen MR) is 130 cm³/mol.